The summed E-state index contributed by atoms with van der Waals surface area (Å²) in [5.74, 6) is -1.37. The van der Waals surface area contributed by atoms with Gasteiger partial charge in [0.05, 0.1) is 4.92 Å². The van der Waals surface area contributed by atoms with Gasteiger partial charge >= 0.3 is 0 Å². The van der Waals surface area contributed by atoms with E-state index in [2.05, 4.69) is 0 Å². The van der Waals surface area contributed by atoms with Crippen LogP contribution in [0.4, 0.5) is 5.69 Å². The molecule has 0 radical (unpaired) electrons. The Morgan fingerprint density at radius 1 is 0.963 bits per heavy atom. The van der Waals surface area contributed by atoms with Crippen LogP contribution in [-0.2, 0) is 16.0 Å². The highest BCUT2D eigenvalue weighted by molar-refractivity contribution is 6.05. The number of non-ortho nitro benzene ring substituents is 1. The standard InChI is InChI=1S/C19H17N3O5/c23-17-12-20(19(25)15-6-8-16(9-7-15)22(26)27)13-18(24)21(17)11-10-14-4-2-1-3-5-14/h1-9H,10-13H2. The quantitative estimate of drug-likeness (QED) is 0.454. The molecule has 2 aromatic rings. The van der Waals surface area contributed by atoms with E-state index in [4.69, 9.17) is 0 Å². The second-order valence-corrected chi connectivity index (χ2v) is 6.14. The number of nitro groups is 1. The summed E-state index contributed by atoms with van der Waals surface area (Å²) in [6.45, 7) is -0.131. The average Bonchev–Trinajstić information content (AvgIpc) is 2.67. The fourth-order valence-electron chi connectivity index (χ4n) is 2.88. The Labute approximate surface area is 155 Å². The number of hydrogen-bond acceptors (Lipinski definition) is 5. The third-order valence-electron chi connectivity index (χ3n) is 4.33. The molecular weight excluding hydrogens is 350 g/mol. The molecule has 3 rings (SSSR count). The number of nitro benzene ring substituents is 1. The van der Waals surface area contributed by atoms with Crippen LogP contribution in [0.25, 0.3) is 0 Å². The lowest BCUT2D eigenvalue weighted by atomic mass is 10.1. The van der Waals surface area contributed by atoms with Gasteiger partial charge in [-0.05, 0) is 24.1 Å². The van der Waals surface area contributed by atoms with E-state index in [1.165, 1.54) is 29.2 Å². The lowest BCUT2D eigenvalue weighted by Crippen LogP contribution is -2.55. The summed E-state index contributed by atoms with van der Waals surface area (Å²) in [6, 6.07) is 14.6. The number of carbonyl (C=O) groups is 3. The van der Waals surface area contributed by atoms with Crippen molar-refractivity contribution < 1.29 is 19.3 Å². The number of imide groups is 1. The first-order valence-electron chi connectivity index (χ1n) is 8.36. The maximum Gasteiger partial charge on any atom is 0.269 e. The maximum atomic E-state index is 12.5. The molecule has 0 aliphatic carbocycles. The molecular formula is C19H17N3O5. The lowest BCUT2D eigenvalue weighted by Gasteiger charge is -2.32. The van der Waals surface area contributed by atoms with Crippen molar-refractivity contribution in [1.29, 1.82) is 0 Å². The number of amides is 3. The first kappa shape index (κ1) is 18.2. The molecule has 0 saturated carbocycles. The minimum atomic E-state index is -0.563. The first-order valence-corrected chi connectivity index (χ1v) is 8.36. The van der Waals surface area contributed by atoms with Crippen molar-refractivity contribution >= 4 is 23.4 Å². The zero-order chi connectivity index (χ0) is 19.4. The van der Waals surface area contributed by atoms with E-state index in [-0.39, 0.29) is 30.9 Å². The minimum absolute atomic E-state index is 0.135. The zero-order valence-electron chi connectivity index (χ0n) is 14.4. The third-order valence-corrected chi connectivity index (χ3v) is 4.33. The Bertz CT molecular complexity index is 862. The Hall–Kier alpha value is -3.55. The first-order chi connectivity index (χ1) is 13.0. The summed E-state index contributed by atoms with van der Waals surface area (Å²) < 4.78 is 0. The van der Waals surface area contributed by atoms with Crippen molar-refractivity contribution in [1.82, 2.24) is 9.80 Å². The Morgan fingerprint density at radius 3 is 2.11 bits per heavy atom. The molecule has 138 valence electrons. The summed E-state index contributed by atoms with van der Waals surface area (Å²) in [5, 5.41) is 10.7. The van der Waals surface area contributed by atoms with E-state index in [1.54, 1.807) is 0 Å². The van der Waals surface area contributed by atoms with E-state index < -0.39 is 22.6 Å². The molecule has 1 fully saturated rings. The number of benzene rings is 2. The third kappa shape index (κ3) is 4.17. The Morgan fingerprint density at radius 2 is 1.56 bits per heavy atom. The lowest BCUT2D eigenvalue weighted by molar-refractivity contribution is -0.384. The fourth-order valence-corrected chi connectivity index (χ4v) is 2.88. The van der Waals surface area contributed by atoms with Gasteiger partial charge in [-0.1, -0.05) is 30.3 Å². The van der Waals surface area contributed by atoms with Gasteiger partial charge in [0.1, 0.15) is 13.1 Å². The molecule has 0 unspecified atom stereocenters. The average molecular weight is 367 g/mol. The van der Waals surface area contributed by atoms with E-state index in [1.807, 2.05) is 30.3 Å². The maximum absolute atomic E-state index is 12.5. The predicted molar refractivity (Wildman–Crippen MR) is 95.9 cm³/mol. The van der Waals surface area contributed by atoms with E-state index in [0.717, 1.165) is 10.5 Å². The van der Waals surface area contributed by atoms with Gasteiger partial charge in [0, 0.05) is 24.2 Å². The van der Waals surface area contributed by atoms with Gasteiger partial charge in [-0.15, -0.1) is 0 Å². The van der Waals surface area contributed by atoms with Crippen LogP contribution in [0.15, 0.2) is 54.6 Å². The predicted octanol–water partition coefficient (Wildman–Crippen LogP) is 1.65. The highest BCUT2D eigenvalue weighted by Gasteiger charge is 2.33. The SMILES string of the molecule is O=C(c1ccc([N+](=O)[O-])cc1)N1CC(=O)N(CCc2ccccc2)C(=O)C1. The summed E-state index contributed by atoms with van der Waals surface area (Å²) in [6.07, 6.45) is 0.550. The molecule has 8 heteroatoms. The molecule has 1 aliphatic heterocycles. The van der Waals surface area contributed by atoms with Crippen LogP contribution < -0.4 is 0 Å². The minimum Gasteiger partial charge on any atom is -0.320 e. The second kappa shape index (κ2) is 7.77. The van der Waals surface area contributed by atoms with Gasteiger partial charge in [0.15, 0.2) is 0 Å². The Balaban J connectivity index is 1.63. The normalized spacial score (nSPS) is 14.4. The second-order valence-electron chi connectivity index (χ2n) is 6.14. The number of rotatable bonds is 5. The highest BCUT2D eigenvalue weighted by atomic mass is 16.6. The number of carbonyl (C=O) groups excluding carboxylic acids is 3. The summed E-state index contributed by atoms with van der Waals surface area (Å²) in [5.41, 5.74) is 1.07. The molecule has 0 N–H and O–H groups in total. The summed E-state index contributed by atoms with van der Waals surface area (Å²) in [4.78, 5) is 49.6. The van der Waals surface area contributed by atoms with Crippen molar-refractivity contribution in [3.63, 3.8) is 0 Å². The smallest absolute Gasteiger partial charge is 0.269 e. The van der Waals surface area contributed by atoms with E-state index in [0.29, 0.717) is 6.42 Å². The topological polar surface area (TPSA) is 101 Å². The fraction of sp³-hybridized carbons (Fsp3) is 0.211. The molecule has 1 aliphatic rings. The van der Waals surface area contributed by atoms with Crippen LogP contribution in [0.5, 0.6) is 0 Å². The van der Waals surface area contributed by atoms with Crippen LogP contribution in [0.1, 0.15) is 15.9 Å². The van der Waals surface area contributed by atoms with Crippen LogP contribution in [0, 0.1) is 10.1 Å². The largest absolute Gasteiger partial charge is 0.320 e. The van der Waals surface area contributed by atoms with Gasteiger partial charge < -0.3 is 4.90 Å². The molecule has 0 atom stereocenters. The van der Waals surface area contributed by atoms with Gasteiger partial charge in [0.25, 0.3) is 11.6 Å². The number of hydrogen-bond donors (Lipinski definition) is 0. The van der Waals surface area contributed by atoms with Crippen LogP contribution >= 0.6 is 0 Å². The summed E-state index contributed by atoms with van der Waals surface area (Å²) >= 11 is 0. The van der Waals surface area contributed by atoms with Crippen LogP contribution in [-0.4, -0.2) is 52.1 Å². The summed E-state index contributed by atoms with van der Waals surface area (Å²) in [7, 11) is 0. The van der Waals surface area contributed by atoms with Crippen molar-refractivity contribution in [2.75, 3.05) is 19.6 Å². The molecule has 0 bridgehead atoms. The van der Waals surface area contributed by atoms with Crippen molar-refractivity contribution in [3.8, 4) is 0 Å². The van der Waals surface area contributed by atoms with Gasteiger partial charge in [-0.3, -0.25) is 29.4 Å². The molecule has 8 nitrogen and oxygen atoms in total. The van der Waals surface area contributed by atoms with Crippen molar-refractivity contribution in [2.24, 2.45) is 0 Å². The Kier molecular flexibility index (Phi) is 5.25. The molecule has 0 aromatic heterocycles. The van der Waals surface area contributed by atoms with E-state index in [9.17, 15) is 24.5 Å². The number of nitrogens with zero attached hydrogens (tertiary/aromatic N) is 3. The molecule has 1 heterocycles. The van der Waals surface area contributed by atoms with Crippen molar-refractivity contribution in [2.45, 2.75) is 6.42 Å². The van der Waals surface area contributed by atoms with Gasteiger partial charge in [-0.2, -0.15) is 0 Å². The highest BCUT2D eigenvalue weighted by Crippen LogP contribution is 2.15. The molecule has 3 amide bonds. The van der Waals surface area contributed by atoms with Gasteiger partial charge in [0.2, 0.25) is 11.8 Å². The number of piperazine rings is 1. The molecule has 1 saturated heterocycles. The van der Waals surface area contributed by atoms with Crippen LogP contribution in [0.3, 0.4) is 0 Å². The van der Waals surface area contributed by atoms with Crippen molar-refractivity contribution in [3.05, 3.63) is 75.8 Å². The van der Waals surface area contributed by atoms with Crippen LogP contribution in [0.2, 0.25) is 0 Å². The monoisotopic (exact) mass is 367 g/mol. The zero-order valence-corrected chi connectivity index (χ0v) is 14.4. The van der Waals surface area contributed by atoms with E-state index >= 15 is 0 Å². The molecule has 27 heavy (non-hydrogen) atoms. The molecule has 0 spiro atoms. The molecule has 2 aromatic carbocycles. The van der Waals surface area contributed by atoms with Gasteiger partial charge in [-0.25, -0.2) is 0 Å².